The molecule has 12 heavy (non-hydrogen) atoms. The quantitative estimate of drug-likeness (QED) is 0.644. The smallest absolute Gasteiger partial charge is 0.150 e. The average Bonchev–Trinajstić information content (AvgIpc) is 2.03. The van der Waals surface area contributed by atoms with Crippen LogP contribution in [0.5, 0.6) is 0 Å². The summed E-state index contributed by atoms with van der Waals surface area (Å²) in [5.41, 5.74) is 0. The van der Waals surface area contributed by atoms with Crippen molar-refractivity contribution >= 4 is 40.0 Å². The van der Waals surface area contributed by atoms with Crippen molar-refractivity contribution in [1.29, 1.82) is 0 Å². The summed E-state index contributed by atoms with van der Waals surface area (Å²) < 4.78 is 10.3. The standard InChI is InChI=1S/C6H4ClO2PS2/c7-5-3-1-2-4-6(5)11-12-10(8)9/h1-4H/p+1. The van der Waals surface area contributed by atoms with Gasteiger partial charge in [-0.1, -0.05) is 23.7 Å². The van der Waals surface area contributed by atoms with E-state index in [1.54, 1.807) is 12.1 Å². The Kier molecular flexibility index (Phi) is 4.40. The lowest BCUT2D eigenvalue weighted by molar-refractivity contribution is 0.520. The molecule has 0 fully saturated rings. The third-order valence-electron chi connectivity index (χ3n) is 1.03. The van der Waals surface area contributed by atoms with E-state index in [0.29, 0.717) is 5.02 Å². The van der Waals surface area contributed by atoms with E-state index in [1.807, 2.05) is 12.1 Å². The second-order valence-electron chi connectivity index (χ2n) is 1.83. The fourth-order valence-electron chi connectivity index (χ4n) is 0.584. The highest BCUT2D eigenvalue weighted by atomic mass is 35.5. The van der Waals surface area contributed by atoms with Crippen LogP contribution in [-0.4, -0.2) is 4.89 Å². The van der Waals surface area contributed by atoms with Crippen molar-refractivity contribution in [2.24, 2.45) is 0 Å². The molecule has 0 aliphatic carbocycles. The highest BCUT2D eigenvalue weighted by Gasteiger charge is 2.15. The summed E-state index contributed by atoms with van der Waals surface area (Å²) in [5.74, 6) is 0. The summed E-state index contributed by atoms with van der Waals surface area (Å²) >= 11 is 5.80. The van der Waals surface area contributed by atoms with Crippen LogP contribution in [0.2, 0.25) is 5.02 Å². The second kappa shape index (κ2) is 5.10. The Balaban J connectivity index is 2.63. The van der Waals surface area contributed by atoms with Gasteiger partial charge in [-0.2, -0.15) is 0 Å². The van der Waals surface area contributed by atoms with Crippen LogP contribution in [0.1, 0.15) is 0 Å². The Morgan fingerprint density at radius 2 is 2.08 bits per heavy atom. The van der Waals surface area contributed by atoms with Crippen LogP contribution in [0.25, 0.3) is 0 Å². The molecule has 1 unspecified atom stereocenters. The molecule has 0 saturated carbocycles. The third-order valence-corrected chi connectivity index (χ3v) is 5.17. The molecule has 0 bridgehead atoms. The van der Waals surface area contributed by atoms with E-state index >= 15 is 0 Å². The van der Waals surface area contributed by atoms with Gasteiger partial charge in [-0.15, -0.1) is 4.89 Å². The van der Waals surface area contributed by atoms with Crippen LogP contribution in [0.15, 0.2) is 29.2 Å². The molecule has 0 amide bonds. The van der Waals surface area contributed by atoms with Gasteiger partial charge in [0.05, 0.1) is 5.02 Å². The predicted octanol–water partition coefficient (Wildman–Crippen LogP) is 3.73. The van der Waals surface area contributed by atoms with Crippen molar-refractivity contribution in [1.82, 2.24) is 0 Å². The molecule has 1 atom stereocenters. The lowest BCUT2D eigenvalue weighted by atomic mass is 10.4. The highest BCUT2D eigenvalue weighted by Crippen LogP contribution is 2.48. The summed E-state index contributed by atoms with van der Waals surface area (Å²) in [6.45, 7) is 0. The summed E-state index contributed by atoms with van der Waals surface area (Å²) in [4.78, 5) is 9.32. The molecule has 1 N–H and O–H groups in total. The first-order valence-corrected chi connectivity index (χ1v) is 7.30. The molecule has 2 nitrogen and oxygen atoms in total. The fraction of sp³-hybridized carbons (Fsp3) is 0. The molecular weight excluding hydrogens is 235 g/mol. The van der Waals surface area contributed by atoms with E-state index in [1.165, 1.54) is 10.8 Å². The maximum Gasteiger partial charge on any atom is 0.595 e. The van der Waals surface area contributed by atoms with E-state index in [-0.39, 0.29) is 0 Å². The van der Waals surface area contributed by atoms with Gasteiger partial charge in [-0.25, -0.2) is 0 Å². The van der Waals surface area contributed by atoms with Gasteiger partial charge >= 0.3 is 7.23 Å². The van der Waals surface area contributed by atoms with Gasteiger partial charge in [0.25, 0.3) is 0 Å². The number of benzene rings is 1. The zero-order valence-electron chi connectivity index (χ0n) is 5.81. The van der Waals surface area contributed by atoms with Crippen molar-refractivity contribution in [3.05, 3.63) is 29.3 Å². The first kappa shape index (κ1) is 10.4. The minimum absolute atomic E-state index is 0.604. The average molecular weight is 240 g/mol. The molecular formula is C6H5ClO2PS2+. The van der Waals surface area contributed by atoms with Gasteiger partial charge in [0.15, 0.2) is 0 Å². The Bertz CT molecular complexity index is 295. The minimum atomic E-state index is -2.17. The molecule has 0 heterocycles. The summed E-state index contributed by atoms with van der Waals surface area (Å²) in [7, 11) is -0.0638. The Labute approximate surface area is 83.7 Å². The summed E-state index contributed by atoms with van der Waals surface area (Å²) in [6, 6.07) is 7.20. The minimum Gasteiger partial charge on any atom is -0.150 e. The Morgan fingerprint density at radius 1 is 1.42 bits per heavy atom. The predicted molar refractivity (Wildman–Crippen MR) is 54.7 cm³/mol. The second-order valence-corrected chi connectivity index (χ2v) is 6.69. The van der Waals surface area contributed by atoms with E-state index in [9.17, 15) is 4.57 Å². The third kappa shape index (κ3) is 3.33. The molecule has 0 spiro atoms. The fourth-order valence-corrected chi connectivity index (χ4v) is 3.56. The topological polar surface area (TPSA) is 37.3 Å². The van der Waals surface area contributed by atoms with Crippen molar-refractivity contribution < 1.29 is 9.46 Å². The molecule has 0 saturated heterocycles. The van der Waals surface area contributed by atoms with Gasteiger partial charge in [0.1, 0.15) is 0 Å². The molecule has 0 aromatic heterocycles. The zero-order chi connectivity index (χ0) is 8.97. The number of hydrogen-bond donors (Lipinski definition) is 1. The normalized spacial score (nSPS) is 11.3. The summed E-state index contributed by atoms with van der Waals surface area (Å²) in [6.07, 6.45) is 0. The summed E-state index contributed by atoms with van der Waals surface area (Å²) in [5, 5.41) is 0.604. The molecule has 64 valence electrons. The monoisotopic (exact) mass is 239 g/mol. The molecule has 6 heteroatoms. The number of hydrogen-bond acceptors (Lipinski definition) is 3. The van der Waals surface area contributed by atoms with Gasteiger partial charge in [0, 0.05) is 15.7 Å². The van der Waals surface area contributed by atoms with Crippen molar-refractivity contribution in [3.8, 4) is 0 Å². The lowest BCUT2D eigenvalue weighted by Gasteiger charge is -1.94. The number of rotatable bonds is 3. The van der Waals surface area contributed by atoms with E-state index < -0.39 is 7.23 Å². The molecule has 0 radical (unpaired) electrons. The van der Waals surface area contributed by atoms with Crippen LogP contribution in [0.3, 0.4) is 0 Å². The molecule has 1 rings (SSSR count). The van der Waals surface area contributed by atoms with Crippen molar-refractivity contribution in [3.63, 3.8) is 0 Å². The molecule has 0 aliphatic heterocycles. The van der Waals surface area contributed by atoms with Crippen LogP contribution >= 0.6 is 40.0 Å². The van der Waals surface area contributed by atoms with Crippen LogP contribution in [-0.2, 0) is 4.57 Å². The van der Waals surface area contributed by atoms with Crippen LogP contribution in [0.4, 0.5) is 0 Å². The molecule has 1 aromatic carbocycles. The van der Waals surface area contributed by atoms with Gasteiger partial charge in [-0.3, -0.25) is 0 Å². The maximum atomic E-state index is 10.3. The van der Waals surface area contributed by atoms with Crippen molar-refractivity contribution in [2.75, 3.05) is 0 Å². The molecule has 0 aliphatic rings. The van der Waals surface area contributed by atoms with E-state index in [4.69, 9.17) is 16.5 Å². The number of halogens is 1. The lowest BCUT2D eigenvalue weighted by Crippen LogP contribution is -1.67. The Hall–Kier alpha value is 0.270. The van der Waals surface area contributed by atoms with Crippen molar-refractivity contribution in [2.45, 2.75) is 4.90 Å². The Morgan fingerprint density at radius 3 is 2.67 bits per heavy atom. The van der Waals surface area contributed by atoms with Gasteiger partial charge < -0.3 is 0 Å². The van der Waals surface area contributed by atoms with E-state index in [2.05, 4.69) is 0 Å². The molecule has 1 aromatic rings. The van der Waals surface area contributed by atoms with E-state index in [0.717, 1.165) is 15.3 Å². The highest BCUT2D eigenvalue weighted by molar-refractivity contribution is 8.96. The first-order chi connectivity index (χ1) is 5.70. The zero-order valence-corrected chi connectivity index (χ0v) is 9.09. The SMILES string of the molecule is O=[P+](O)SSc1ccccc1Cl. The maximum absolute atomic E-state index is 10.3. The van der Waals surface area contributed by atoms with Crippen LogP contribution in [0, 0.1) is 0 Å². The van der Waals surface area contributed by atoms with Gasteiger partial charge in [-0.05, 0) is 16.7 Å². The first-order valence-electron chi connectivity index (χ1n) is 2.95. The largest absolute Gasteiger partial charge is 0.595 e. The van der Waals surface area contributed by atoms with Gasteiger partial charge in [0.2, 0.25) is 10.4 Å². The van der Waals surface area contributed by atoms with Crippen LogP contribution < -0.4 is 0 Å².